The second-order valence-corrected chi connectivity index (χ2v) is 7.53. The van der Waals surface area contributed by atoms with Gasteiger partial charge in [-0.05, 0) is 24.5 Å². The zero-order valence-corrected chi connectivity index (χ0v) is 16.6. The highest BCUT2D eigenvalue weighted by Crippen LogP contribution is 2.39. The first-order valence-electron chi connectivity index (χ1n) is 10.0. The number of para-hydroxylation sites is 1. The SMILES string of the molecule is CNc1cc([C@H](Cc2c[nH]c3ccccc23)NC(=O)c2ccno2)nc(C2CC2)n1. The molecule has 8 heteroatoms. The number of nitrogens with one attached hydrogen (secondary N) is 3. The van der Waals surface area contributed by atoms with E-state index in [1.54, 1.807) is 6.07 Å². The molecule has 1 aromatic carbocycles. The van der Waals surface area contributed by atoms with Crippen LogP contribution in [0.1, 0.15) is 52.4 Å². The van der Waals surface area contributed by atoms with Gasteiger partial charge >= 0.3 is 0 Å². The molecule has 30 heavy (non-hydrogen) atoms. The highest BCUT2D eigenvalue weighted by molar-refractivity contribution is 5.91. The van der Waals surface area contributed by atoms with Crippen LogP contribution in [0.3, 0.4) is 0 Å². The molecular weight excluding hydrogens is 380 g/mol. The van der Waals surface area contributed by atoms with Crippen molar-refractivity contribution in [3.8, 4) is 0 Å². The van der Waals surface area contributed by atoms with Crippen LogP contribution in [0.2, 0.25) is 0 Å². The molecule has 1 saturated carbocycles. The maximum absolute atomic E-state index is 12.8. The van der Waals surface area contributed by atoms with Gasteiger partial charge in [0, 0.05) is 48.6 Å². The Morgan fingerprint density at radius 2 is 2.13 bits per heavy atom. The third-order valence-electron chi connectivity index (χ3n) is 5.38. The number of aromatic nitrogens is 4. The molecule has 0 radical (unpaired) electrons. The first-order valence-corrected chi connectivity index (χ1v) is 10.0. The Hall–Kier alpha value is -3.68. The molecular formula is C22H22N6O2. The minimum absolute atomic E-state index is 0.171. The van der Waals surface area contributed by atoms with Crippen LogP contribution in [0, 0.1) is 0 Å². The summed E-state index contributed by atoms with van der Waals surface area (Å²) in [6.07, 6.45) is 6.22. The number of anilines is 1. The first-order chi connectivity index (χ1) is 14.7. The number of carbonyl (C=O) groups excluding carboxylic acids is 1. The van der Waals surface area contributed by atoms with E-state index in [1.165, 1.54) is 6.20 Å². The van der Waals surface area contributed by atoms with Crippen molar-refractivity contribution in [2.45, 2.75) is 31.2 Å². The second-order valence-electron chi connectivity index (χ2n) is 7.53. The standard InChI is InChI=1S/C22H22N6O2/c1-23-20-11-18(26-21(28-20)13-6-7-13)17(27-22(29)19-8-9-25-30-19)10-14-12-24-16-5-3-2-4-15(14)16/h2-5,8-9,11-13,17,24H,6-7,10H2,1H3,(H,27,29)(H,23,26,28)/t17-/m0/s1. The maximum atomic E-state index is 12.8. The number of hydrogen-bond donors (Lipinski definition) is 3. The highest BCUT2D eigenvalue weighted by Gasteiger charge is 2.29. The van der Waals surface area contributed by atoms with Crippen LogP contribution < -0.4 is 10.6 Å². The molecule has 3 N–H and O–H groups in total. The normalized spacial score (nSPS) is 14.6. The van der Waals surface area contributed by atoms with E-state index in [0.29, 0.717) is 12.3 Å². The number of aromatic amines is 1. The molecule has 5 rings (SSSR count). The first kappa shape index (κ1) is 18.4. The summed E-state index contributed by atoms with van der Waals surface area (Å²) in [4.78, 5) is 25.5. The number of hydrogen-bond acceptors (Lipinski definition) is 6. The van der Waals surface area contributed by atoms with Gasteiger partial charge in [-0.1, -0.05) is 23.4 Å². The van der Waals surface area contributed by atoms with Crippen LogP contribution in [0.25, 0.3) is 10.9 Å². The van der Waals surface area contributed by atoms with Gasteiger partial charge in [-0.3, -0.25) is 4.79 Å². The molecule has 4 aromatic rings. The van der Waals surface area contributed by atoms with Crippen LogP contribution in [0.4, 0.5) is 5.82 Å². The summed E-state index contributed by atoms with van der Waals surface area (Å²) >= 11 is 0. The summed E-state index contributed by atoms with van der Waals surface area (Å²) in [5.41, 5.74) is 2.94. The Kier molecular flexibility index (Phi) is 4.66. The molecule has 3 aromatic heterocycles. The van der Waals surface area contributed by atoms with E-state index in [2.05, 4.69) is 31.8 Å². The van der Waals surface area contributed by atoms with Crippen molar-refractivity contribution in [3.05, 3.63) is 71.6 Å². The van der Waals surface area contributed by atoms with Crippen LogP contribution in [-0.2, 0) is 6.42 Å². The number of benzene rings is 1. The number of amides is 1. The largest absolute Gasteiger partial charge is 0.373 e. The Bertz CT molecular complexity index is 1180. The fourth-order valence-corrected chi connectivity index (χ4v) is 3.63. The lowest BCUT2D eigenvalue weighted by molar-refractivity contribution is 0.0898. The molecule has 1 aliphatic carbocycles. The number of rotatable bonds is 7. The van der Waals surface area contributed by atoms with Crippen LogP contribution in [0.15, 0.2) is 53.3 Å². The number of nitrogens with zero attached hydrogens (tertiary/aromatic N) is 3. The fraction of sp³-hybridized carbons (Fsp3) is 0.273. The zero-order valence-electron chi connectivity index (χ0n) is 16.6. The van der Waals surface area contributed by atoms with Crippen molar-refractivity contribution in [1.29, 1.82) is 0 Å². The lowest BCUT2D eigenvalue weighted by Crippen LogP contribution is -2.30. The van der Waals surface area contributed by atoms with Gasteiger partial charge < -0.3 is 20.1 Å². The van der Waals surface area contributed by atoms with Gasteiger partial charge in [0.15, 0.2) is 0 Å². The van der Waals surface area contributed by atoms with Crippen molar-refractivity contribution in [2.75, 3.05) is 12.4 Å². The van der Waals surface area contributed by atoms with Gasteiger partial charge in [-0.25, -0.2) is 9.97 Å². The number of carbonyl (C=O) groups is 1. The molecule has 1 atom stereocenters. The Labute approximate surface area is 173 Å². The summed E-state index contributed by atoms with van der Waals surface area (Å²) in [7, 11) is 1.84. The zero-order chi connectivity index (χ0) is 20.5. The number of H-pyrrole nitrogens is 1. The minimum atomic E-state index is -0.352. The van der Waals surface area contributed by atoms with Crippen LogP contribution >= 0.6 is 0 Å². The van der Waals surface area contributed by atoms with Gasteiger partial charge in [0.2, 0.25) is 5.76 Å². The predicted octanol–water partition coefficient (Wildman–Crippen LogP) is 3.58. The van der Waals surface area contributed by atoms with E-state index < -0.39 is 0 Å². The van der Waals surface area contributed by atoms with Crippen molar-refractivity contribution >= 4 is 22.6 Å². The molecule has 1 aliphatic rings. The number of fused-ring (bicyclic) bond motifs is 1. The van der Waals surface area contributed by atoms with E-state index in [4.69, 9.17) is 9.51 Å². The van der Waals surface area contributed by atoms with Crippen LogP contribution in [-0.4, -0.2) is 33.1 Å². The van der Waals surface area contributed by atoms with E-state index in [1.807, 2.05) is 37.5 Å². The molecule has 152 valence electrons. The van der Waals surface area contributed by atoms with Crippen molar-refractivity contribution < 1.29 is 9.32 Å². The molecule has 1 amide bonds. The van der Waals surface area contributed by atoms with E-state index in [9.17, 15) is 4.79 Å². The van der Waals surface area contributed by atoms with Crippen molar-refractivity contribution in [3.63, 3.8) is 0 Å². The lowest BCUT2D eigenvalue weighted by Gasteiger charge is -2.19. The molecule has 0 bridgehead atoms. The maximum Gasteiger partial charge on any atom is 0.290 e. The predicted molar refractivity (Wildman–Crippen MR) is 112 cm³/mol. The summed E-state index contributed by atoms with van der Waals surface area (Å²) < 4.78 is 5.04. The molecule has 8 nitrogen and oxygen atoms in total. The molecule has 3 heterocycles. The minimum Gasteiger partial charge on any atom is -0.373 e. The third-order valence-corrected chi connectivity index (χ3v) is 5.38. The second kappa shape index (κ2) is 7.62. The van der Waals surface area contributed by atoms with Crippen LogP contribution in [0.5, 0.6) is 0 Å². The Balaban J connectivity index is 1.52. The van der Waals surface area contributed by atoms with Gasteiger partial charge in [0.1, 0.15) is 11.6 Å². The summed E-state index contributed by atoms with van der Waals surface area (Å²) in [5.74, 6) is 1.82. The quantitative estimate of drug-likeness (QED) is 0.436. The Morgan fingerprint density at radius 3 is 2.90 bits per heavy atom. The van der Waals surface area contributed by atoms with Gasteiger partial charge in [0.25, 0.3) is 5.91 Å². The Morgan fingerprint density at radius 1 is 1.27 bits per heavy atom. The fourth-order valence-electron chi connectivity index (χ4n) is 3.63. The van der Waals surface area contributed by atoms with E-state index in [-0.39, 0.29) is 17.7 Å². The third kappa shape index (κ3) is 3.63. The van der Waals surface area contributed by atoms with E-state index in [0.717, 1.165) is 46.6 Å². The summed E-state index contributed by atoms with van der Waals surface area (Å²) in [6.45, 7) is 0. The lowest BCUT2D eigenvalue weighted by atomic mass is 10.0. The topological polar surface area (TPSA) is 109 Å². The smallest absolute Gasteiger partial charge is 0.290 e. The van der Waals surface area contributed by atoms with Crippen molar-refractivity contribution in [1.82, 2.24) is 25.4 Å². The van der Waals surface area contributed by atoms with E-state index >= 15 is 0 Å². The monoisotopic (exact) mass is 402 g/mol. The summed E-state index contributed by atoms with van der Waals surface area (Å²) in [5, 5.41) is 11.0. The van der Waals surface area contributed by atoms with Gasteiger partial charge in [-0.2, -0.15) is 0 Å². The molecule has 0 aliphatic heterocycles. The highest BCUT2D eigenvalue weighted by atomic mass is 16.5. The summed E-state index contributed by atoms with van der Waals surface area (Å²) in [6, 6.07) is 11.2. The molecule has 0 saturated heterocycles. The molecule has 0 spiro atoms. The van der Waals surface area contributed by atoms with Gasteiger partial charge in [0.05, 0.1) is 17.9 Å². The van der Waals surface area contributed by atoms with Gasteiger partial charge in [-0.15, -0.1) is 0 Å². The average Bonchev–Trinajstić information content (AvgIpc) is 3.33. The molecule has 1 fully saturated rings. The average molecular weight is 402 g/mol. The molecule has 0 unspecified atom stereocenters. The van der Waals surface area contributed by atoms with Crippen molar-refractivity contribution in [2.24, 2.45) is 0 Å².